The molecule has 0 saturated carbocycles. The van der Waals surface area contributed by atoms with E-state index in [9.17, 15) is 14.0 Å². The zero-order chi connectivity index (χ0) is 19.8. The highest BCUT2D eigenvalue weighted by Gasteiger charge is 2.24. The van der Waals surface area contributed by atoms with Gasteiger partial charge in [0.15, 0.2) is 5.43 Å². The maximum absolute atomic E-state index is 13.1. The van der Waals surface area contributed by atoms with Crippen LogP contribution >= 0.6 is 0 Å². The summed E-state index contributed by atoms with van der Waals surface area (Å²) >= 11 is 0. The van der Waals surface area contributed by atoms with Gasteiger partial charge in [-0.2, -0.15) is 0 Å². The maximum atomic E-state index is 13.1. The van der Waals surface area contributed by atoms with Crippen LogP contribution in [0.2, 0.25) is 0 Å². The fraction of sp³-hybridized carbons (Fsp3) is 0.273. The van der Waals surface area contributed by atoms with Crippen molar-refractivity contribution in [3.8, 4) is 0 Å². The van der Waals surface area contributed by atoms with Crippen LogP contribution < -0.4 is 10.7 Å². The fourth-order valence-corrected chi connectivity index (χ4v) is 3.89. The lowest BCUT2D eigenvalue weighted by Gasteiger charge is -2.29. The van der Waals surface area contributed by atoms with E-state index in [1.165, 1.54) is 24.3 Å². The van der Waals surface area contributed by atoms with Crippen molar-refractivity contribution in [2.24, 2.45) is 7.05 Å². The molecule has 1 amide bonds. The Kier molecular flexibility index (Phi) is 4.73. The van der Waals surface area contributed by atoms with E-state index in [2.05, 4.69) is 9.88 Å². The van der Waals surface area contributed by atoms with Crippen molar-refractivity contribution < 1.29 is 9.18 Å². The molecule has 0 spiro atoms. The van der Waals surface area contributed by atoms with Gasteiger partial charge in [-0.1, -0.05) is 11.6 Å². The smallest absolute Gasteiger partial charge is 0.238 e. The Hall–Kier alpha value is -2.99. The van der Waals surface area contributed by atoms with Crippen LogP contribution in [0, 0.1) is 12.7 Å². The molecule has 2 heterocycles. The number of fused-ring (bicyclic) bond motifs is 2. The molecule has 0 saturated heterocycles. The van der Waals surface area contributed by atoms with Gasteiger partial charge < -0.3 is 9.88 Å². The van der Waals surface area contributed by atoms with Crippen LogP contribution in [0.4, 0.5) is 10.1 Å². The van der Waals surface area contributed by atoms with Crippen molar-refractivity contribution >= 4 is 22.5 Å². The lowest BCUT2D eigenvalue weighted by atomic mass is 10.0. The predicted octanol–water partition coefficient (Wildman–Crippen LogP) is 2.98. The van der Waals surface area contributed by atoms with E-state index >= 15 is 0 Å². The van der Waals surface area contributed by atoms with Crippen molar-refractivity contribution in [2.75, 3.05) is 18.4 Å². The molecular formula is C22H22FN3O2. The van der Waals surface area contributed by atoms with E-state index < -0.39 is 0 Å². The molecule has 5 nitrogen and oxygen atoms in total. The highest BCUT2D eigenvalue weighted by molar-refractivity contribution is 5.92. The number of hydrogen-bond donors (Lipinski definition) is 1. The summed E-state index contributed by atoms with van der Waals surface area (Å²) in [6, 6.07) is 11.6. The summed E-state index contributed by atoms with van der Waals surface area (Å²) in [6.07, 6.45) is 0.717. The topological polar surface area (TPSA) is 54.3 Å². The quantitative estimate of drug-likeness (QED) is 0.761. The van der Waals surface area contributed by atoms with Gasteiger partial charge >= 0.3 is 0 Å². The molecule has 0 fully saturated rings. The fourth-order valence-electron chi connectivity index (χ4n) is 3.89. The van der Waals surface area contributed by atoms with Gasteiger partial charge in [0.05, 0.1) is 12.1 Å². The zero-order valence-electron chi connectivity index (χ0n) is 16.0. The number of rotatable bonds is 3. The first-order chi connectivity index (χ1) is 13.4. The molecule has 1 aliphatic heterocycles. The number of nitrogens with zero attached hydrogens (tertiary/aromatic N) is 2. The molecule has 0 radical (unpaired) electrons. The first-order valence-electron chi connectivity index (χ1n) is 9.31. The van der Waals surface area contributed by atoms with E-state index in [0.29, 0.717) is 25.2 Å². The van der Waals surface area contributed by atoms with E-state index in [-0.39, 0.29) is 23.7 Å². The lowest BCUT2D eigenvalue weighted by molar-refractivity contribution is -0.117. The van der Waals surface area contributed by atoms with Crippen molar-refractivity contribution in [2.45, 2.75) is 19.9 Å². The number of anilines is 1. The average molecular weight is 379 g/mol. The Balaban J connectivity index is 1.56. The molecule has 1 N–H and O–H groups in total. The van der Waals surface area contributed by atoms with Crippen LogP contribution in [0.5, 0.6) is 0 Å². The van der Waals surface area contributed by atoms with Crippen molar-refractivity contribution in [3.63, 3.8) is 0 Å². The summed E-state index contributed by atoms with van der Waals surface area (Å²) in [6.45, 7) is 3.31. The number of hydrogen-bond acceptors (Lipinski definition) is 3. The SMILES string of the molecule is Cc1ccc2c(c1)c(=O)c1c(n2C)CCN(CC(=O)Nc2ccc(F)cc2)C1. The molecule has 0 aliphatic carbocycles. The van der Waals surface area contributed by atoms with Gasteiger partial charge in [-0.05, 0) is 43.3 Å². The molecule has 1 aliphatic rings. The Morgan fingerprint density at radius 3 is 2.68 bits per heavy atom. The predicted molar refractivity (Wildman–Crippen MR) is 108 cm³/mol. The summed E-state index contributed by atoms with van der Waals surface area (Å²) in [7, 11) is 1.99. The van der Waals surface area contributed by atoms with Crippen LogP contribution in [0.3, 0.4) is 0 Å². The third-order valence-electron chi connectivity index (χ3n) is 5.33. The summed E-state index contributed by atoms with van der Waals surface area (Å²) in [5.74, 6) is -0.521. The second-order valence-corrected chi connectivity index (χ2v) is 7.35. The van der Waals surface area contributed by atoms with Gasteiger partial charge in [0.2, 0.25) is 5.91 Å². The minimum atomic E-state index is -0.344. The molecule has 4 rings (SSSR count). The molecule has 28 heavy (non-hydrogen) atoms. The highest BCUT2D eigenvalue weighted by atomic mass is 19.1. The number of pyridine rings is 1. The van der Waals surface area contributed by atoms with E-state index in [0.717, 1.165) is 27.7 Å². The third kappa shape index (κ3) is 3.43. The van der Waals surface area contributed by atoms with E-state index in [1.807, 2.05) is 37.1 Å². The number of aryl methyl sites for hydroxylation is 2. The summed E-state index contributed by atoms with van der Waals surface area (Å²) in [5.41, 5.74) is 4.40. The average Bonchev–Trinajstić information content (AvgIpc) is 2.68. The second kappa shape index (κ2) is 7.20. The van der Waals surface area contributed by atoms with Gasteiger partial charge in [0.25, 0.3) is 0 Å². The molecule has 2 aromatic carbocycles. The number of benzene rings is 2. The third-order valence-corrected chi connectivity index (χ3v) is 5.33. The monoisotopic (exact) mass is 379 g/mol. The summed E-state index contributed by atoms with van der Waals surface area (Å²) in [5, 5.41) is 3.49. The molecule has 144 valence electrons. The van der Waals surface area contributed by atoms with E-state index in [1.54, 1.807) is 0 Å². The molecular weight excluding hydrogens is 357 g/mol. The Labute approximate surface area is 162 Å². The molecule has 0 bridgehead atoms. The summed E-state index contributed by atoms with van der Waals surface area (Å²) < 4.78 is 15.1. The van der Waals surface area contributed by atoms with Crippen LogP contribution in [0.1, 0.15) is 16.8 Å². The molecule has 6 heteroatoms. The normalized spacial score (nSPS) is 14.1. The van der Waals surface area contributed by atoms with Gasteiger partial charge in [-0.3, -0.25) is 14.5 Å². The van der Waals surface area contributed by atoms with Gasteiger partial charge in [0.1, 0.15) is 5.82 Å². The number of carbonyl (C=O) groups excluding carboxylic acids is 1. The Bertz CT molecular complexity index is 1120. The van der Waals surface area contributed by atoms with Crippen molar-refractivity contribution in [3.05, 3.63) is 75.3 Å². The number of nitrogens with one attached hydrogen (secondary N) is 1. The van der Waals surface area contributed by atoms with Crippen LogP contribution in [-0.4, -0.2) is 28.5 Å². The maximum Gasteiger partial charge on any atom is 0.238 e. The number of halogens is 1. The number of amides is 1. The van der Waals surface area contributed by atoms with E-state index in [4.69, 9.17) is 0 Å². The van der Waals surface area contributed by atoms with Crippen LogP contribution in [0.15, 0.2) is 47.3 Å². The largest absolute Gasteiger partial charge is 0.347 e. The van der Waals surface area contributed by atoms with Gasteiger partial charge in [-0.25, -0.2) is 4.39 Å². The lowest BCUT2D eigenvalue weighted by Crippen LogP contribution is -2.40. The molecule has 1 aromatic heterocycles. The van der Waals surface area contributed by atoms with Gasteiger partial charge in [0, 0.05) is 48.9 Å². The van der Waals surface area contributed by atoms with Crippen LogP contribution in [0.25, 0.3) is 10.9 Å². The highest BCUT2D eigenvalue weighted by Crippen LogP contribution is 2.22. The minimum Gasteiger partial charge on any atom is -0.347 e. The first-order valence-corrected chi connectivity index (χ1v) is 9.31. The first kappa shape index (κ1) is 18.4. The molecule has 0 unspecified atom stereocenters. The molecule has 0 atom stereocenters. The number of carbonyl (C=O) groups is 1. The zero-order valence-corrected chi connectivity index (χ0v) is 16.0. The van der Waals surface area contributed by atoms with Crippen molar-refractivity contribution in [1.82, 2.24) is 9.47 Å². The van der Waals surface area contributed by atoms with Crippen LogP contribution in [-0.2, 0) is 24.8 Å². The molecule has 3 aromatic rings. The summed E-state index contributed by atoms with van der Waals surface area (Å²) in [4.78, 5) is 27.4. The minimum absolute atomic E-state index is 0.0513. The Morgan fingerprint density at radius 1 is 1.18 bits per heavy atom. The number of aromatic nitrogens is 1. The Morgan fingerprint density at radius 2 is 1.93 bits per heavy atom. The van der Waals surface area contributed by atoms with Crippen molar-refractivity contribution in [1.29, 1.82) is 0 Å². The van der Waals surface area contributed by atoms with Gasteiger partial charge in [-0.15, -0.1) is 0 Å². The standard InChI is InChI=1S/C22H22FN3O2/c1-14-3-8-19-17(11-14)22(28)18-12-26(10-9-20(18)25(19)2)13-21(27)24-16-6-4-15(23)5-7-16/h3-8,11H,9-10,12-13H2,1-2H3,(H,24,27). The second-order valence-electron chi connectivity index (χ2n) is 7.35.